The molecule has 0 unspecified atom stereocenters. The fourth-order valence-corrected chi connectivity index (χ4v) is 1.30. The summed E-state index contributed by atoms with van der Waals surface area (Å²) in [4.78, 5) is 0. The summed E-state index contributed by atoms with van der Waals surface area (Å²) in [5, 5.41) is 0.738. The second kappa shape index (κ2) is 4.71. The van der Waals surface area contributed by atoms with Gasteiger partial charge in [-0.25, -0.2) is 0 Å². The Morgan fingerprint density at radius 2 is 1.80 bits per heavy atom. The Bertz CT molecular complexity index is 344. The van der Waals surface area contributed by atoms with Crippen molar-refractivity contribution in [3.63, 3.8) is 0 Å². The summed E-state index contributed by atoms with van der Waals surface area (Å²) < 4.78 is 0. The van der Waals surface area contributed by atoms with E-state index >= 15 is 0 Å². The molecule has 0 aliphatic heterocycles. The van der Waals surface area contributed by atoms with Crippen molar-refractivity contribution in [1.29, 1.82) is 0 Å². The van der Waals surface area contributed by atoms with Crippen LogP contribution in [0.1, 0.15) is 32.8 Å². The molecule has 0 atom stereocenters. The molecule has 0 bridgehead atoms. The smallest absolute Gasteiger partial charge is 0.0406 e. The molecule has 0 radical (unpaired) electrons. The standard InChI is InChI=1S/C13H18ClN/c1-13(2,3)9-8-12(15)10-4-6-11(14)7-5-10/h4-8H,9,15H2,1-3H3/b12-8-. The lowest BCUT2D eigenvalue weighted by Gasteiger charge is -2.15. The first kappa shape index (κ1) is 12.1. The van der Waals surface area contributed by atoms with Gasteiger partial charge in [-0.2, -0.15) is 0 Å². The molecule has 0 amide bonds. The van der Waals surface area contributed by atoms with E-state index in [2.05, 4.69) is 26.8 Å². The molecule has 1 aromatic carbocycles. The van der Waals surface area contributed by atoms with Crippen LogP contribution in [-0.4, -0.2) is 0 Å². The van der Waals surface area contributed by atoms with Gasteiger partial charge < -0.3 is 5.73 Å². The molecule has 1 rings (SSSR count). The minimum atomic E-state index is 0.275. The molecule has 1 aromatic rings. The molecule has 2 heteroatoms. The second-order valence-corrected chi connectivity index (χ2v) is 5.37. The van der Waals surface area contributed by atoms with E-state index in [1.165, 1.54) is 0 Å². The highest BCUT2D eigenvalue weighted by Crippen LogP contribution is 2.21. The Kier molecular flexibility index (Phi) is 3.81. The zero-order valence-electron chi connectivity index (χ0n) is 9.55. The fourth-order valence-electron chi connectivity index (χ4n) is 1.18. The Balaban J connectivity index is 2.76. The third kappa shape index (κ3) is 4.39. The molecule has 0 saturated carbocycles. The van der Waals surface area contributed by atoms with Crippen LogP contribution in [0.25, 0.3) is 5.70 Å². The lowest BCUT2D eigenvalue weighted by molar-refractivity contribution is 0.421. The van der Waals surface area contributed by atoms with Crippen molar-refractivity contribution in [2.45, 2.75) is 27.2 Å². The number of allylic oxidation sites excluding steroid dienone is 1. The van der Waals surface area contributed by atoms with Crippen LogP contribution in [-0.2, 0) is 0 Å². The van der Waals surface area contributed by atoms with E-state index in [4.69, 9.17) is 17.3 Å². The highest BCUT2D eigenvalue weighted by atomic mass is 35.5. The zero-order chi connectivity index (χ0) is 11.5. The fraction of sp³-hybridized carbons (Fsp3) is 0.385. The molecular weight excluding hydrogens is 206 g/mol. The zero-order valence-corrected chi connectivity index (χ0v) is 10.3. The van der Waals surface area contributed by atoms with E-state index in [-0.39, 0.29) is 5.41 Å². The largest absolute Gasteiger partial charge is 0.399 e. The normalized spacial score (nSPS) is 12.9. The van der Waals surface area contributed by atoms with Crippen molar-refractivity contribution in [2.24, 2.45) is 11.1 Å². The topological polar surface area (TPSA) is 26.0 Å². The monoisotopic (exact) mass is 223 g/mol. The van der Waals surface area contributed by atoms with Gasteiger partial charge in [-0.1, -0.05) is 50.6 Å². The molecule has 15 heavy (non-hydrogen) atoms. The van der Waals surface area contributed by atoms with Gasteiger partial charge in [-0.05, 0) is 29.5 Å². The summed E-state index contributed by atoms with van der Waals surface area (Å²) >= 11 is 5.81. The maximum atomic E-state index is 5.97. The van der Waals surface area contributed by atoms with Crippen LogP contribution >= 0.6 is 11.6 Å². The van der Waals surface area contributed by atoms with Gasteiger partial charge in [0.2, 0.25) is 0 Å². The van der Waals surface area contributed by atoms with Crippen LogP contribution in [0.5, 0.6) is 0 Å². The van der Waals surface area contributed by atoms with Crippen molar-refractivity contribution in [3.8, 4) is 0 Å². The number of halogens is 1. The van der Waals surface area contributed by atoms with Crippen molar-refractivity contribution in [1.82, 2.24) is 0 Å². The van der Waals surface area contributed by atoms with E-state index < -0.39 is 0 Å². The van der Waals surface area contributed by atoms with Crippen LogP contribution < -0.4 is 5.73 Å². The molecular formula is C13H18ClN. The van der Waals surface area contributed by atoms with Gasteiger partial charge in [0, 0.05) is 10.7 Å². The van der Waals surface area contributed by atoms with Crippen LogP contribution in [0.2, 0.25) is 5.02 Å². The summed E-state index contributed by atoms with van der Waals surface area (Å²) in [6.07, 6.45) is 3.05. The molecule has 0 aliphatic rings. The summed E-state index contributed by atoms with van der Waals surface area (Å²) in [6, 6.07) is 7.59. The van der Waals surface area contributed by atoms with Gasteiger partial charge in [0.05, 0.1) is 0 Å². The highest BCUT2D eigenvalue weighted by molar-refractivity contribution is 6.30. The predicted octanol–water partition coefficient (Wildman–Crippen LogP) is 4.08. The molecule has 1 nitrogen and oxygen atoms in total. The van der Waals surface area contributed by atoms with Gasteiger partial charge in [0.25, 0.3) is 0 Å². The van der Waals surface area contributed by atoms with E-state index in [9.17, 15) is 0 Å². The van der Waals surface area contributed by atoms with Gasteiger partial charge in [0.15, 0.2) is 0 Å². The van der Waals surface area contributed by atoms with Crippen LogP contribution in [0.3, 0.4) is 0 Å². The first-order valence-electron chi connectivity index (χ1n) is 5.10. The van der Waals surface area contributed by atoms with Crippen LogP contribution in [0.4, 0.5) is 0 Å². The number of nitrogens with two attached hydrogens (primary N) is 1. The molecule has 0 saturated heterocycles. The molecule has 0 fully saturated rings. The lowest BCUT2D eigenvalue weighted by atomic mass is 9.91. The van der Waals surface area contributed by atoms with Crippen molar-refractivity contribution in [3.05, 3.63) is 40.9 Å². The molecule has 2 N–H and O–H groups in total. The molecule has 0 aliphatic carbocycles. The van der Waals surface area contributed by atoms with Crippen molar-refractivity contribution in [2.75, 3.05) is 0 Å². The lowest BCUT2D eigenvalue weighted by Crippen LogP contribution is -2.04. The maximum Gasteiger partial charge on any atom is 0.0406 e. The average Bonchev–Trinajstić information content (AvgIpc) is 2.14. The highest BCUT2D eigenvalue weighted by Gasteiger charge is 2.08. The van der Waals surface area contributed by atoms with Gasteiger partial charge in [-0.3, -0.25) is 0 Å². The molecule has 82 valence electrons. The van der Waals surface area contributed by atoms with E-state index in [1.807, 2.05) is 24.3 Å². The minimum absolute atomic E-state index is 0.275. The quantitative estimate of drug-likeness (QED) is 0.804. The maximum absolute atomic E-state index is 5.97. The summed E-state index contributed by atoms with van der Waals surface area (Å²) in [5.74, 6) is 0. The second-order valence-electron chi connectivity index (χ2n) is 4.93. The van der Waals surface area contributed by atoms with Crippen molar-refractivity contribution < 1.29 is 0 Å². The Morgan fingerprint density at radius 3 is 2.27 bits per heavy atom. The number of rotatable bonds is 2. The molecule has 0 heterocycles. The first-order chi connectivity index (χ1) is 6.88. The summed E-state index contributed by atoms with van der Waals surface area (Å²) in [7, 11) is 0. The van der Waals surface area contributed by atoms with Gasteiger partial charge in [0.1, 0.15) is 0 Å². The SMILES string of the molecule is CC(C)(C)C/C=C(\N)c1ccc(Cl)cc1. The van der Waals surface area contributed by atoms with E-state index in [0.717, 1.165) is 22.7 Å². The Hall–Kier alpha value is -0.950. The number of benzene rings is 1. The third-order valence-electron chi connectivity index (χ3n) is 2.11. The predicted molar refractivity (Wildman–Crippen MR) is 67.7 cm³/mol. The Labute approximate surface area is 96.9 Å². The number of hydrogen-bond acceptors (Lipinski definition) is 1. The average molecular weight is 224 g/mol. The minimum Gasteiger partial charge on any atom is -0.399 e. The Morgan fingerprint density at radius 1 is 1.27 bits per heavy atom. The summed E-state index contributed by atoms with van der Waals surface area (Å²) in [6.45, 7) is 6.58. The first-order valence-corrected chi connectivity index (χ1v) is 5.48. The third-order valence-corrected chi connectivity index (χ3v) is 2.36. The van der Waals surface area contributed by atoms with Gasteiger partial charge >= 0.3 is 0 Å². The number of hydrogen-bond donors (Lipinski definition) is 1. The molecule has 0 spiro atoms. The summed E-state index contributed by atoms with van der Waals surface area (Å²) in [5.41, 5.74) is 8.10. The van der Waals surface area contributed by atoms with Crippen LogP contribution in [0, 0.1) is 5.41 Å². The van der Waals surface area contributed by atoms with Crippen molar-refractivity contribution >= 4 is 17.3 Å². The van der Waals surface area contributed by atoms with E-state index in [1.54, 1.807) is 0 Å². The van der Waals surface area contributed by atoms with E-state index in [0.29, 0.717) is 0 Å². The van der Waals surface area contributed by atoms with Gasteiger partial charge in [-0.15, -0.1) is 0 Å². The molecule has 0 aromatic heterocycles. The van der Waals surface area contributed by atoms with Crippen LogP contribution in [0.15, 0.2) is 30.3 Å².